The molecule has 3 aromatic rings. The van der Waals surface area contributed by atoms with Crippen molar-refractivity contribution in [3.8, 4) is 17.1 Å². The predicted octanol–water partition coefficient (Wildman–Crippen LogP) is 7.60. The van der Waals surface area contributed by atoms with E-state index in [1.54, 1.807) is 12.4 Å². The fraction of sp³-hybridized carbons (Fsp3) is 0.324. The highest BCUT2D eigenvalue weighted by molar-refractivity contribution is 5.84. The number of alkyl halides is 3. The van der Waals surface area contributed by atoms with Crippen LogP contribution in [0.25, 0.3) is 28.1 Å². The fourth-order valence-corrected chi connectivity index (χ4v) is 6.56. The smallest absolute Gasteiger partial charge is 0.352 e. The van der Waals surface area contributed by atoms with Crippen LogP contribution in [-0.4, -0.2) is 44.6 Å². The van der Waals surface area contributed by atoms with Gasteiger partial charge in [-0.2, -0.15) is 13.2 Å². The Morgan fingerprint density at radius 1 is 0.860 bits per heavy atom. The number of nitrogens with one attached hydrogen (secondary N) is 1. The van der Waals surface area contributed by atoms with E-state index in [0.29, 0.717) is 17.4 Å². The lowest BCUT2D eigenvalue weighted by Gasteiger charge is -2.34. The summed E-state index contributed by atoms with van der Waals surface area (Å²) in [5.41, 5.74) is 4.64. The van der Waals surface area contributed by atoms with Crippen molar-refractivity contribution in [3.05, 3.63) is 96.1 Å². The van der Waals surface area contributed by atoms with Crippen LogP contribution in [0.15, 0.2) is 90.2 Å². The van der Waals surface area contributed by atoms with Crippen molar-refractivity contribution in [2.45, 2.75) is 56.8 Å². The standard InChI is InChI=1S/C34H33F3N6/c35-34(36,37)23-11-13-27(14-12-23)43-32-10-4-3-9-28(32)41-31-20-29(40-25-6-5-17-38-22-25)30(21-33(31)43)39-24-15-18-42(19-16-24)26-7-1-2-8-26/h3-6,9-14,17,20-22,24,26,40H,1-2,7-8,15-16,18-19H2. The van der Waals surface area contributed by atoms with Gasteiger partial charge in [-0.25, -0.2) is 4.98 Å². The largest absolute Gasteiger partial charge is 0.416 e. The third kappa shape index (κ3) is 5.73. The first-order valence-corrected chi connectivity index (χ1v) is 15.0. The molecule has 2 fully saturated rings. The van der Waals surface area contributed by atoms with Crippen LogP contribution in [0.4, 0.5) is 24.5 Å². The molecule has 7 rings (SSSR count). The minimum Gasteiger partial charge on any atom is -0.352 e. The summed E-state index contributed by atoms with van der Waals surface area (Å²) in [6.45, 7) is 2.10. The van der Waals surface area contributed by atoms with Gasteiger partial charge in [0.1, 0.15) is 0 Å². The summed E-state index contributed by atoms with van der Waals surface area (Å²) in [6, 6.07) is 21.7. The number of benzene rings is 3. The van der Waals surface area contributed by atoms with E-state index in [1.165, 1.54) is 37.8 Å². The zero-order valence-corrected chi connectivity index (χ0v) is 23.8. The van der Waals surface area contributed by atoms with Gasteiger partial charge in [-0.05, 0) is 86.3 Å². The molecule has 0 radical (unpaired) electrons. The molecule has 0 amide bonds. The Kier molecular flexibility index (Phi) is 7.34. The average molecular weight is 583 g/mol. The highest BCUT2D eigenvalue weighted by atomic mass is 19.4. The molecule has 220 valence electrons. The zero-order valence-electron chi connectivity index (χ0n) is 23.8. The fourth-order valence-electron chi connectivity index (χ4n) is 6.56. The molecule has 1 aromatic heterocycles. The molecular weight excluding hydrogens is 549 g/mol. The van der Waals surface area contributed by atoms with E-state index in [2.05, 4.69) is 15.2 Å². The summed E-state index contributed by atoms with van der Waals surface area (Å²) in [5, 5.41) is 4.30. The van der Waals surface area contributed by atoms with E-state index in [0.717, 1.165) is 71.5 Å². The molecule has 43 heavy (non-hydrogen) atoms. The summed E-state index contributed by atoms with van der Waals surface area (Å²) < 4.78 is 42.2. The molecule has 4 aliphatic rings. The molecule has 6 nitrogen and oxygen atoms in total. The lowest BCUT2D eigenvalue weighted by molar-refractivity contribution is -0.137. The van der Waals surface area contributed by atoms with E-state index in [1.807, 2.05) is 53.1 Å². The van der Waals surface area contributed by atoms with Gasteiger partial charge in [0.15, 0.2) is 0 Å². The molecule has 3 heterocycles. The first-order chi connectivity index (χ1) is 20.9. The van der Waals surface area contributed by atoms with Gasteiger partial charge in [-0.15, -0.1) is 0 Å². The summed E-state index contributed by atoms with van der Waals surface area (Å²) in [6.07, 6.45) is 6.35. The molecule has 0 bridgehead atoms. The average Bonchev–Trinajstić information content (AvgIpc) is 3.56. The quantitative estimate of drug-likeness (QED) is 0.217. The van der Waals surface area contributed by atoms with E-state index >= 15 is 0 Å². The number of nitrogens with zero attached hydrogens (tertiary/aromatic N) is 5. The van der Waals surface area contributed by atoms with Gasteiger partial charge in [0, 0.05) is 31.0 Å². The van der Waals surface area contributed by atoms with E-state index < -0.39 is 11.7 Å². The number of para-hydroxylation sites is 2. The Labute approximate surface area is 248 Å². The number of likely N-dealkylation sites (tertiary alicyclic amines) is 1. The van der Waals surface area contributed by atoms with Crippen LogP contribution in [0.3, 0.4) is 0 Å². The summed E-state index contributed by atoms with van der Waals surface area (Å²) in [7, 11) is 0. The Morgan fingerprint density at radius 3 is 2.35 bits per heavy atom. The van der Waals surface area contributed by atoms with E-state index in [4.69, 9.17) is 9.98 Å². The SMILES string of the molecule is FC(F)(F)c1ccc(-n2c3cc(=NC4CCN(C5CCCC5)CC4)c(Nc4cccnc4)cc-3nc3ccccc32)cc1. The minimum absolute atomic E-state index is 0.178. The molecule has 0 unspecified atom stereocenters. The van der Waals surface area contributed by atoms with Crippen LogP contribution in [0, 0.1) is 0 Å². The third-order valence-corrected chi connectivity index (χ3v) is 8.75. The van der Waals surface area contributed by atoms with Gasteiger partial charge >= 0.3 is 6.18 Å². The monoisotopic (exact) mass is 582 g/mol. The number of fused-ring (bicyclic) bond motifs is 2. The molecule has 9 heteroatoms. The molecular formula is C34H33F3N6. The Hall–Kier alpha value is -4.24. The van der Waals surface area contributed by atoms with Gasteiger partial charge in [0.2, 0.25) is 0 Å². The van der Waals surface area contributed by atoms with Gasteiger partial charge < -0.3 is 14.8 Å². The van der Waals surface area contributed by atoms with Crippen molar-refractivity contribution in [1.82, 2.24) is 19.4 Å². The summed E-state index contributed by atoms with van der Waals surface area (Å²) in [5.74, 6) is 0. The molecule has 1 N–H and O–H groups in total. The van der Waals surface area contributed by atoms with Crippen molar-refractivity contribution >= 4 is 22.4 Å². The lowest BCUT2D eigenvalue weighted by Crippen LogP contribution is -2.41. The van der Waals surface area contributed by atoms with Crippen molar-refractivity contribution in [1.29, 1.82) is 0 Å². The van der Waals surface area contributed by atoms with Crippen LogP contribution in [0.1, 0.15) is 44.1 Å². The number of anilines is 2. The molecule has 2 aliphatic carbocycles. The first kappa shape index (κ1) is 27.6. The van der Waals surface area contributed by atoms with Crippen molar-refractivity contribution in [3.63, 3.8) is 0 Å². The van der Waals surface area contributed by atoms with Crippen molar-refractivity contribution < 1.29 is 13.2 Å². The lowest BCUT2D eigenvalue weighted by atomic mass is 10.0. The van der Waals surface area contributed by atoms with Crippen LogP contribution < -0.4 is 10.7 Å². The second-order valence-corrected chi connectivity index (χ2v) is 11.5. The Balaban J connectivity index is 1.36. The third-order valence-electron chi connectivity index (χ3n) is 8.75. The van der Waals surface area contributed by atoms with Crippen molar-refractivity contribution in [2.24, 2.45) is 4.99 Å². The second kappa shape index (κ2) is 11.4. The summed E-state index contributed by atoms with van der Waals surface area (Å²) in [4.78, 5) is 17.1. The van der Waals surface area contributed by atoms with Crippen molar-refractivity contribution in [2.75, 3.05) is 18.4 Å². The number of pyridine rings is 1. The number of aromatic nitrogens is 3. The molecule has 2 aromatic carbocycles. The number of piperidine rings is 1. The molecule has 0 spiro atoms. The van der Waals surface area contributed by atoms with Gasteiger partial charge in [-0.1, -0.05) is 25.0 Å². The predicted molar refractivity (Wildman–Crippen MR) is 163 cm³/mol. The molecule has 2 aliphatic heterocycles. The van der Waals surface area contributed by atoms with E-state index in [-0.39, 0.29) is 6.04 Å². The Morgan fingerprint density at radius 2 is 1.63 bits per heavy atom. The molecule has 0 atom stereocenters. The highest BCUT2D eigenvalue weighted by Crippen LogP contribution is 2.34. The second-order valence-electron chi connectivity index (χ2n) is 11.5. The zero-order chi connectivity index (χ0) is 29.4. The van der Waals surface area contributed by atoms with Crippen LogP contribution in [-0.2, 0) is 6.18 Å². The first-order valence-electron chi connectivity index (χ1n) is 15.0. The van der Waals surface area contributed by atoms with Gasteiger partial charge in [0.25, 0.3) is 0 Å². The van der Waals surface area contributed by atoms with Crippen LogP contribution in [0.5, 0.6) is 0 Å². The number of hydrogen-bond donors (Lipinski definition) is 1. The van der Waals surface area contributed by atoms with Crippen LogP contribution in [0.2, 0.25) is 0 Å². The number of hydrogen-bond acceptors (Lipinski definition) is 5. The topological polar surface area (TPSA) is 58.3 Å². The minimum atomic E-state index is -4.40. The molecule has 1 saturated carbocycles. The highest BCUT2D eigenvalue weighted by Gasteiger charge is 2.30. The van der Waals surface area contributed by atoms with Gasteiger partial charge in [-0.3, -0.25) is 9.98 Å². The maximum absolute atomic E-state index is 13.4. The normalized spacial score (nSPS) is 17.7. The van der Waals surface area contributed by atoms with Gasteiger partial charge in [0.05, 0.1) is 57.0 Å². The number of rotatable bonds is 5. The summed E-state index contributed by atoms with van der Waals surface area (Å²) >= 11 is 0. The molecule has 1 saturated heterocycles. The maximum atomic E-state index is 13.4. The number of halogens is 3. The Bertz CT molecular complexity index is 1750. The van der Waals surface area contributed by atoms with E-state index in [9.17, 15) is 13.2 Å². The maximum Gasteiger partial charge on any atom is 0.416 e. The van der Waals surface area contributed by atoms with Crippen LogP contribution >= 0.6 is 0 Å².